The number of alkyl halides is 3. The highest BCUT2D eigenvalue weighted by atomic mass is 19.4. The first-order chi connectivity index (χ1) is 30.8. The van der Waals surface area contributed by atoms with Gasteiger partial charge in [0.25, 0.3) is 0 Å². The van der Waals surface area contributed by atoms with Gasteiger partial charge in [0, 0.05) is 5.69 Å². The molecule has 0 aromatic heterocycles. The van der Waals surface area contributed by atoms with E-state index in [0.717, 1.165) is 12.1 Å². The molecule has 0 bridgehead atoms. The van der Waals surface area contributed by atoms with Crippen molar-refractivity contribution in [2.45, 2.75) is 19.5 Å². The minimum atomic E-state index is -4.48. The maximum absolute atomic E-state index is 13.1. The third-order valence-corrected chi connectivity index (χ3v) is 7.92. The predicted octanol–water partition coefficient (Wildman–Crippen LogP) is 4.76. The second kappa shape index (κ2) is 38.9. The molecule has 0 spiro atoms. The lowest BCUT2D eigenvalue weighted by molar-refractivity contribution is -0.144. The topological polar surface area (TPSA) is 175 Å². The van der Waals surface area contributed by atoms with E-state index in [2.05, 4.69) is 5.32 Å². The summed E-state index contributed by atoms with van der Waals surface area (Å²) in [5.74, 6) is -0.898. The Labute approximate surface area is 368 Å². The maximum atomic E-state index is 13.1. The zero-order valence-electron chi connectivity index (χ0n) is 36.4. The van der Waals surface area contributed by atoms with Gasteiger partial charge in [-0.2, -0.15) is 13.2 Å². The molecule has 0 aliphatic carbocycles. The fourth-order valence-corrected chi connectivity index (χ4v) is 4.88. The van der Waals surface area contributed by atoms with E-state index in [-0.39, 0.29) is 36.9 Å². The first kappa shape index (κ1) is 55.6. The number of nitrogens with one attached hydrogen (secondary N) is 1. The van der Waals surface area contributed by atoms with Crippen LogP contribution >= 0.6 is 0 Å². The molecule has 17 nitrogen and oxygen atoms in total. The number of halogens is 3. The Morgan fingerprint density at radius 3 is 1.21 bits per heavy atom. The second-order valence-corrected chi connectivity index (χ2v) is 12.8. The number of hydrogen-bond acceptors (Lipinski definition) is 17. The Kier molecular flexibility index (Phi) is 34.3. The van der Waals surface area contributed by atoms with E-state index in [1.54, 1.807) is 25.1 Å². The molecular formula is C43H66F3NO16. The van der Waals surface area contributed by atoms with Crippen molar-refractivity contribution in [3.05, 3.63) is 59.7 Å². The zero-order chi connectivity index (χ0) is 45.3. The van der Waals surface area contributed by atoms with Crippen molar-refractivity contribution in [3.8, 4) is 0 Å². The molecule has 0 atom stereocenters. The van der Waals surface area contributed by atoms with E-state index < -0.39 is 17.7 Å². The van der Waals surface area contributed by atoms with Crippen LogP contribution in [0.15, 0.2) is 48.5 Å². The molecule has 0 amide bonds. The van der Waals surface area contributed by atoms with Gasteiger partial charge in [-0.1, -0.05) is 18.2 Å². The lowest BCUT2D eigenvalue weighted by Crippen LogP contribution is -2.16. The van der Waals surface area contributed by atoms with Gasteiger partial charge in [-0.3, -0.25) is 4.79 Å². The highest BCUT2D eigenvalue weighted by molar-refractivity contribution is 5.96. The molecule has 0 aliphatic rings. The molecule has 2 aromatic carbocycles. The Morgan fingerprint density at radius 1 is 0.460 bits per heavy atom. The van der Waals surface area contributed by atoms with Crippen LogP contribution in [0.5, 0.6) is 0 Å². The summed E-state index contributed by atoms with van der Waals surface area (Å²) >= 11 is 0. The van der Waals surface area contributed by atoms with E-state index in [0.29, 0.717) is 164 Å². The molecule has 1 N–H and O–H groups in total. The Morgan fingerprint density at radius 2 is 0.825 bits per heavy atom. The first-order valence-corrected chi connectivity index (χ1v) is 21.1. The van der Waals surface area contributed by atoms with Crippen LogP contribution in [-0.4, -0.2) is 184 Å². The molecule has 0 heterocycles. The van der Waals surface area contributed by atoms with Gasteiger partial charge in [-0.25, -0.2) is 4.79 Å². The number of anilines is 2. The normalized spacial score (nSPS) is 11.6. The van der Waals surface area contributed by atoms with Gasteiger partial charge in [-0.05, 0) is 37.3 Å². The summed E-state index contributed by atoms with van der Waals surface area (Å²) in [4.78, 5) is 23.8. The summed E-state index contributed by atoms with van der Waals surface area (Å²) < 4.78 is 115. The molecule has 360 valence electrons. The monoisotopic (exact) mass is 909 g/mol. The van der Waals surface area contributed by atoms with Crippen molar-refractivity contribution in [2.75, 3.05) is 177 Å². The Hall–Kier alpha value is -3.51. The van der Waals surface area contributed by atoms with Gasteiger partial charge < -0.3 is 71.6 Å². The zero-order valence-corrected chi connectivity index (χ0v) is 36.4. The quantitative estimate of drug-likeness (QED) is 0.0712. The lowest BCUT2D eigenvalue weighted by atomic mass is 10.1. The van der Waals surface area contributed by atoms with Gasteiger partial charge >= 0.3 is 18.1 Å². The molecular weight excluding hydrogens is 843 g/mol. The van der Waals surface area contributed by atoms with Crippen LogP contribution in [0, 0.1) is 0 Å². The van der Waals surface area contributed by atoms with Crippen LogP contribution in [0.1, 0.15) is 29.3 Å². The predicted molar refractivity (Wildman–Crippen MR) is 223 cm³/mol. The number of hydrogen-bond donors (Lipinski definition) is 1. The average Bonchev–Trinajstić information content (AvgIpc) is 3.27. The molecule has 0 saturated carbocycles. The summed E-state index contributed by atoms with van der Waals surface area (Å²) in [7, 11) is 0. The summed E-state index contributed by atoms with van der Waals surface area (Å²) in [5.41, 5.74) is -0.110. The summed E-state index contributed by atoms with van der Waals surface area (Å²) in [6, 6.07) is 11.1. The molecule has 2 aromatic rings. The number of rotatable bonds is 43. The average molecular weight is 910 g/mol. The highest BCUT2D eigenvalue weighted by Crippen LogP contribution is 2.32. The summed E-state index contributed by atoms with van der Waals surface area (Å²) in [5, 5.41) is 2.86. The molecule has 0 aliphatic heterocycles. The Bertz CT molecular complexity index is 1410. The van der Waals surface area contributed by atoms with Crippen molar-refractivity contribution in [3.63, 3.8) is 0 Å². The van der Waals surface area contributed by atoms with Gasteiger partial charge in [0.1, 0.15) is 6.61 Å². The van der Waals surface area contributed by atoms with Crippen LogP contribution in [0.3, 0.4) is 0 Å². The van der Waals surface area contributed by atoms with Gasteiger partial charge in [-0.15, -0.1) is 0 Å². The molecule has 0 radical (unpaired) electrons. The van der Waals surface area contributed by atoms with Gasteiger partial charge in [0.15, 0.2) is 0 Å². The summed E-state index contributed by atoms with van der Waals surface area (Å²) in [6.07, 6.45) is -4.24. The third-order valence-electron chi connectivity index (χ3n) is 7.92. The van der Waals surface area contributed by atoms with E-state index in [1.807, 2.05) is 0 Å². The van der Waals surface area contributed by atoms with Crippen LogP contribution in [0.4, 0.5) is 24.5 Å². The molecule has 0 saturated heterocycles. The smallest absolute Gasteiger partial charge is 0.416 e. The van der Waals surface area contributed by atoms with Gasteiger partial charge in [0.2, 0.25) is 0 Å². The molecule has 0 unspecified atom stereocenters. The van der Waals surface area contributed by atoms with Crippen molar-refractivity contribution in [1.82, 2.24) is 0 Å². The van der Waals surface area contributed by atoms with E-state index in [1.165, 1.54) is 18.2 Å². The number of carbonyl (C=O) groups excluding carboxylic acids is 2. The van der Waals surface area contributed by atoms with E-state index in [9.17, 15) is 22.8 Å². The van der Waals surface area contributed by atoms with Crippen molar-refractivity contribution in [2.24, 2.45) is 0 Å². The van der Waals surface area contributed by atoms with Crippen molar-refractivity contribution < 1.29 is 89.1 Å². The molecule has 2 rings (SSSR count). The van der Waals surface area contributed by atoms with Crippen LogP contribution in [-0.2, 0) is 77.3 Å². The number of esters is 2. The number of benzene rings is 2. The van der Waals surface area contributed by atoms with Crippen LogP contribution < -0.4 is 5.32 Å². The summed E-state index contributed by atoms with van der Waals surface area (Å²) in [6.45, 7) is 12.1. The van der Waals surface area contributed by atoms with E-state index in [4.69, 9.17) is 66.3 Å². The largest absolute Gasteiger partial charge is 0.466 e. The maximum Gasteiger partial charge on any atom is 0.416 e. The number of para-hydroxylation sites is 1. The van der Waals surface area contributed by atoms with Gasteiger partial charge in [0.05, 0.1) is 188 Å². The third kappa shape index (κ3) is 31.9. The Balaban J connectivity index is 1.23. The number of carbonyl (C=O) groups is 2. The molecule has 63 heavy (non-hydrogen) atoms. The fraction of sp³-hybridized carbons (Fsp3) is 0.674. The molecule has 0 fully saturated rings. The first-order valence-electron chi connectivity index (χ1n) is 21.1. The van der Waals surface area contributed by atoms with Crippen LogP contribution in [0.2, 0.25) is 0 Å². The second-order valence-electron chi connectivity index (χ2n) is 12.8. The fourth-order valence-electron chi connectivity index (χ4n) is 4.88. The lowest BCUT2D eigenvalue weighted by Gasteiger charge is -2.13. The highest BCUT2D eigenvalue weighted by Gasteiger charge is 2.30. The minimum Gasteiger partial charge on any atom is -0.466 e. The number of ether oxygens (including phenoxy) is 14. The standard InChI is InChI=1S/C43H66F3NO16/c1-2-62-41(48)10-11-50-12-13-51-14-15-52-16-17-53-18-19-54-20-21-55-22-23-56-24-25-57-26-27-58-28-29-59-30-31-60-32-33-61-34-35-63-42(49)39-8-3-4-9-40(39)47-38-7-5-6-37(36-38)43(44,45)46/h3-9,36,47H,2,10-35H2,1H3. The van der Waals surface area contributed by atoms with Crippen LogP contribution in [0.25, 0.3) is 0 Å². The molecule has 20 heteroatoms. The van der Waals surface area contributed by atoms with E-state index >= 15 is 0 Å². The van der Waals surface area contributed by atoms with Crippen molar-refractivity contribution >= 4 is 23.3 Å². The SMILES string of the molecule is CCOC(=O)CCOCCOCCOCCOCCOCCOCCOCCOCCOCCOCCOCCOCCOC(=O)c1ccccc1Nc1cccc(C(F)(F)F)c1. The van der Waals surface area contributed by atoms with Crippen molar-refractivity contribution in [1.29, 1.82) is 0 Å². The minimum absolute atomic E-state index is 0.00888.